The van der Waals surface area contributed by atoms with Gasteiger partial charge in [-0.3, -0.25) is 0 Å². The van der Waals surface area contributed by atoms with Gasteiger partial charge in [0.05, 0.1) is 31.5 Å². The molecule has 0 amide bonds. The van der Waals surface area contributed by atoms with Crippen molar-refractivity contribution in [2.24, 2.45) is 0 Å². The molecular weight excluding hydrogens is 305 g/mol. The van der Waals surface area contributed by atoms with Gasteiger partial charge in [0.2, 0.25) is 9.84 Å². The van der Waals surface area contributed by atoms with Crippen LogP contribution in [0.15, 0.2) is 46.2 Å². The molecule has 2 aromatic carbocycles. The molecule has 2 rings (SSSR count). The molecule has 19 heavy (non-hydrogen) atoms. The molecule has 0 bridgehead atoms. The topological polar surface area (TPSA) is 57.9 Å². The van der Waals surface area contributed by atoms with Crippen molar-refractivity contribution in [3.63, 3.8) is 0 Å². The van der Waals surface area contributed by atoms with Gasteiger partial charge in [-0.05, 0) is 30.3 Å². The molecule has 0 saturated carbocycles. The molecule has 0 aliphatic heterocycles. The minimum Gasteiger partial charge on any atom is -0.219 e. The Balaban J connectivity index is 2.59. The predicted molar refractivity (Wildman–Crippen MR) is 71.9 cm³/mol. The summed E-state index contributed by atoms with van der Waals surface area (Å²) < 4.78 is 24.7. The molecule has 0 saturated heterocycles. The predicted octanol–water partition coefficient (Wildman–Crippen LogP) is 3.50. The first-order chi connectivity index (χ1) is 8.95. The van der Waals surface area contributed by atoms with Gasteiger partial charge < -0.3 is 0 Å². The molecule has 2 aromatic rings. The van der Waals surface area contributed by atoms with Crippen LogP contribution in [0.1, 0.15) is 5.56 Å². The van der Waals surface area contributed by atoms with Crippen molar-refractivity contribution in [3.05, 3.63) is 58.1 Å². The molecule has 0 heterocycles. The average Bonchev–Trinajstić information content (AvgIpc) is 2.41. The maximum Gasteiger partial charge on any atom is 0.206 e. The Bertz CT molecular complexity index is 779. The second kappa shape index (κ2) is 5.22. The molecule has 0 atom stereocenters. The summed E-state index contributed by atoms with van der Waals surface area (Å²) in [5.41, 5.74) is 0.154. The van der Waals surface area contributed by atoms with Gasteiger partial charge >= 0.3 is 0 Å². The van der Waals surface area contributed by atoms with Crippen molar-refractivity contribution in [3.8, 4) is 6.07 Å². The molecule has 3 nitrogen and oxygen atoms in total. The Kier molecular flexibility index (Phi) is 3.81. The Morgan fingerprint density at radius 1 is 1.05 bits per heavy atom. The summed E-state index contributed by atoms with van der Waals surface area (Å²) >= 11 is 11.6. The van der Waals surface area contributed by atoms with Crippen LogP contribution in [0.5, 0.6) is 0 Å². The van der Waals surface area contributed by atoms with Crippen LogP contribution in [0.25, 0.3) is 0 Å². The first kappa shape index (κ1) is 13.9. The average molecular weight is 311 g/mol. The van der Waals surface area contributed by atoms with E-state index >= 15 is 0 Å². The number of sulfone groups is 1. The minimum atomic E-state index is -3.73. The molecule has 6 heteroatoms. The van der Waals surface area contributed by atoms with Crippen molar-refractivity contribution in [2.45, 2.75) is 9.79 Å². The fourth-order valence-corrected chi connectivity index (χ4v) is 3.13. The Labute approximate surface area is 120 Å². The van der Waals surface area contributed by atoms with Crippen LogP contribution in [0, 0.1) is 17.4 Å². The number of rotatable bonds is 2. The largest absolute Gasteiger partial charge is 0.219 e. The van der Waals surface area contributed by atoms with Gasteiger partial charge in [-0.15, -0.1) is 0 Å². The number of halogens is 2. The molecule has 0 aliphatic rings. The summed E-state index contributed by atoms with van der Waals surface area (Å²) in [7, 11) is -3.73. The van der Waals surface area contributed by atoms with Crippen molar-refractivity contribution >= 4 is 33.0 Å². The van der Waals surface area contributed by atoms with Crippen LogP contribution < -0.4 is 0 Å². The van der Waals surface area contributed by atoms with Crippen molar-refractivity contribution in [1.82, 2.24) is 0 Å². The molecule has 0 aliphatic carbocycles. The van der Waals surface area contributed by atoms with E-state index in [0.29, 0.717) is 0 Å². The van der Waals surface area contributed by atoms with E-state index in [1.54, 1.807) is 0 Å². The van der Waals surface area contributed by atoms with E-state index in [9.17, 15) is 8.42 Å². The zero-order chi connectivity index (χ0) is 14.0. The smallest absolute Gasteiger partial charge is 0.206 e. The molecule has 0 aromatic heterocycles. The summed E-state index contributed by atoms with van der Waals surface area (Å²) in [5.74, 6) is 0. The van der Waals surface area contributed by atoms with E-state index in [-0.39, 0.29) is 25.4 Å². The summed E-state index contributed by atoms with van der Waals surface area (Å²) in [5, 5.41) is 9.20. The van der Waals surface area contributed by atoms with Gasteiger partial charge in [0.15, 0.2) is 0 Å². The second-order valence-electron chi connectivity index (χ2n) is 3.63. The fourth-order valence-electron chi connectivity index (χ4n) is 1.46. The summed E-state index contributed by atoms with van der Waals surface area (Å²) in [6.07, 6.45) is 0. The lowest BCUT2D eigenvalue weighted by atomic mass is 10.2. The molecule has 0 spiro atoms. The molecule has 0 fully saturated rings. The molecular formula is C13H6Cl2NO2S. The number of nitriles is 1. The fraction of sp³-hybridized carbons (Fsp3) is 0. The van der Waals surface area contributed by atoms with Gasteiger partial charge in [-0.2, -0.15) is 5.26 Å². The molecule has 95 valence electrons. The summed E-state index contributed by atoms with van der Waals surface area (Å²) in [4.78, 5) is 0.0400. The highest BCUT2D eigenvalue weighted by Crippen LogP contribution is 2.28. The van der Waals surface area contributed by atoms with Crippen molar-refractivity contribution in [2.75, 3.05) is 0 Å². The second-order valence-corrected chi connectivity index (χ2v) is 6.39. The van der Waals surface area contributed by atoms with Crippen LogP contribution >= 0.6 is 23.2 Å². The van der Waals surface area contributed by atoms with Crippen LogP contribution in [0.3, 0.4) is 0 Å². The monoisotopic (exact) mass is 310 g/mol. The first-order valence-corrected chi connectivity index (χ1v) is 7.31. The molecule has 1 radical (unpaired) electrons. The third-order valence-electron chi connectivity index (χ3n) is 2.41. The maximum atomic E-state index is 12.3. The minimum absolute atomic E-state index is 0.0150. The Morgan fingerprint density at radius 3 is 2.37 bits per heavy atom. The summed E-state index contributed by atoms with van der Waals surface area (Å²) in [6.45, 7) is 0. The third-order valence-corrected chi connectivity index (χ3v) is 4.89. The van der Waals surface area contributed by atoms with E-state index in [1.165, 1.54) is 36.4 Å². The number of hydrogen-bond acceptors (Lipinski definition) is 3. The molecule has 0 unspecified atom stereocenters. The highest BCUT2D eigenvalue weighted by molar-refractivity contribution is 7.91. The highest BCUT2D eigenvalue weighted by Gasteiger charge is 2.19. The SMILES string of the molecule is N#Cc1[c]ccc(S(=O)(=O)c2ccc(Cl)c(Cl)c2)c1. The van der Waals surface area contributed by atoms with Gasteiger partial charge in [0.25, 0.3) is 0 Å². The quantitative estimate of drug-likeness (QED) is 0.853. The zero-order valence-corrected chi connectivity index (χ0v) is 11.7. The Hall–Kier alpha value is -1.54. The number of hydrogen-bond donors (Lipinski definition) is 0. The maximum absolute atomic E-state index is 12.3. The van der Waals surface area contributed by atoms with E-state index in [2.05, 4.69) is 6.07 Å². The van der Waals surface area contributed by atoms with Gasteiger partial charge in [0.1, 0.15) is 0 Å². The highest BCUT2D eigenvalue weighted by atomic mass is 35.5. The number of nitrogens with zero attached hydrogens (tertiary/aromatic N) is 1. The standard InChI is InChI=1S/C13H6Cl2NO2S/c14-12-5-4-11(7-13(12)15)19(17,18)10-3-1-2-9(6-10)8-16/h1,3-7H. The summed E-state index contributed by atoms with van der Waals surface area (Å²) in [6, 6.07) is 12.6. The van der Waals surface area contributed by atoms with Gasteiger partial charge in [-0.25, -0.2) is 8.42 Å². The van der Waals surface area contributed by atoms with E-state index in [1.807, 2.05) is 6.07 Å². The molecule has 0 N–H and O–H groups in total. The Morgan fingerprint density at radius 2 is 1.74 bits per heavy atom. The number of benzene rings is 2. The van der Waals surface area contributed by atoms with E-state index in [4.69, 9.17) is 28.5 Å². The van der Waals surface area contributed by atoms with Crippen LogP contribution in [0.2, 0.25) is 10.0 Å². The van der Waals surface area contributed by atoms with E-state index in [0.717, 1.165) is 0 Å². The lowest BCUT2D eigenvalue weighted by molar-refractivity contribution is 0.596. The third kappa shape index (κ3) is 2.74. The normalized spacial score (nSPS) is 11.0. The van der Waals surface area contributed by atoms with E-state index < -0.39 is 9.84 Å². The van der Waals surface area contributed by atoms with Crippen LogP contribution in [0.4, 0.5) is 0 Å². The lowest BCUT2D eigenvalue weighted by Crippen LogP contribution is -2.02. The van der Waals surface area contributed by atoms with Crippen LogP contribution in [-0.4, -0.2) is 8.42 Å². The lowest BCUT2D eigenvalue weighted by Gasteiger charge is -2.06. The van der Waals surface area contributed by atoms with Crippen molar-refractivity contribution in [1.29, 1.82) is 5.26 Å². The van der Waals surface area contributed by atoms with Crippen molar-refractivity contribution < 1.29 is 8.42 Å². The van der Waals surface area contributed by atoms with Crippen LogP contribution in [-0.2, 0) is 9.84 Å². The van der Waals surface area contributed by atoms with Gasteiger partial charge in [-0.1, -0.05) is 29.3 Å². The zero-order valence-electron chi connectivity index (χ0n) is 9.39. The first-order valence-electron chi connectivity index (χ1n) is 5.07. The van der Waals surface area contributed by atoms with Gasteiger partial charge in [0, 0.05) is 6.07 Å².